The van der Waals surface area contributed by atoms with E-state index in [1.54, 1.807) is 36.4 Å². The molecule has 0 aliphatic heterocycles. The van der Waals surface area contributed by atoms with E-state index in [-0.39, 0.29) is 11.4 Å². The second-order valence-electron chi connectivity index (χ2n) is 6.33. The molecular weight excluding hydrogens is 435 g/mol. The summed E-state index contributed by atoms with van der Waals surface area (Å²) < 4.78 is 46.1. The number of ether oxygens (including phenoxy) is 1. The van der Waals surface area contributed by atoms with E-state index >= 15 is 0 Å². The molecule has 4 aromatic rings. The number of halogens is 4. The third kappa shape index (κ3) is 5.07. The average molecular weight is 448 g/mol. The van der Waals surface area contributed by atoms with Crippen LogP contribution in [0.15, 0.2) is 71.1 Å². The predicted molar refractivity (Wildman–Crippen MR) is 110 cm³/mol. The van der Waals surface area contributed by atoms with Crippen molar-refractivity contribution in [3.8, 4) is 17.2 Å². The Kier molecular flexibility index (Phi) is 5.43. The summed E-state index contributed by atoms with van der Waals surface area (Å²) >= 11 is 6.18. The molecule has 1 heterocycles. The minimum atomic E-state index is -4.78. The van der Waals surface area contributed by atoms with Crippen molar-refractivity contribution in [2.45, 2.75) is 6.36 Å². The zero-order valence-corrected chi connectivity index (χ0v) is 16.3. The van der Waals surface area contributed by atoms with Crippen molar-refractivity contribution in [3.63, 3.8) is 0 Å². The molecule has 1 aromatic heterocycles. The minimum Gasteiger partial charge on any atom is -0.436 e. The molecule has 0 bridgehead atoms. The van der Waals surface area contributed by atoms with Gasteiger partial charge >= 0.3 is 12.4 Å². The van der Waals surface area contributed by atoms with Crippen LogP contribution in [0.3, 0.4) is 0 Å². The lowest BCUT2D eigenvalue weighted by molar-refractivity contribution is -0.274. The number of nitrogens with zero attached hydrogens (tertiary/aromatic N) is 1. The third-order valence-electron chi connectivity index (χ3n) is 4.10. The van der Waals surface area contributed by atoms with Crippen LogP contribution < -0.4 is 15.4 Å². The first-order valence-corrected chi connectivity index (χ1v) is 9.24. The fraction of sp³-hybridized carbons (Fsp3) is 0.0476. The molecule has 0 unspecified atom stereocenters. The second-order valence-corrected chi connectivity index (χ2v) is 6.74. The number of urea groups is 1. The highest BCUT2D eigenvalue weighted by Gasteiger charge is 2.30. The van der Waals surface area contributed by atoms with Crippen LogP contribution in [-0.2, 0) is 0 Å². The average Bonchev–Trinajstić information content (AvgIpc) is 3.12. The maximum absolute atomic E-state index is 12.2. The minimum absolute atomic E-state index is 0.286. The van der Waals surface area contributed by atoms with Crippen molar-refractivity contribution < 1.29 is 27.1 Å². The van der Waals surface area contributed by atoms with Crippen LogP contribution >= 0.6 is 11.6 Å². The third-order valence-corrected chi connectivity index (χ3v) is 4.43. The van der Waals surface area contributed by atoms with Gasteiger partial charge in [0.05, 0.1) is 10.6 Å². The van der Waals surface area contributed by atoms with E-state index in [2.05, 4.69) is 20.4 Å². The van der Waals surface area contributed by atoms with Crippen LogP contribution in [0.1, 0.15) is 0 Å². The predicted octanol–water partition coefficient (Wildman–Crippen LogP) is 6.69. The van der Waals surface area contributed by atoms with Gasteiger partial charge in [-0.15, -0.1) is 13.2 Å². The standard InChI is InChI=1S/C21H13ClF3N3O3/c22-16-4-2-1-3-15(16)19-28-17-10-7-13(11-18(17)30-19)27-20(29)26-12-5-8-14(9-6-12)31-21(23,24)25/h1-11H,(H2,26,27,29). The summed E-state index contributed by atoms with van der Waals surface area (Å²) in [5.74, 6) is -0.0353. The summed E-state index contributed by atoms with van der Waals surface area (Å²) in [5, 5.41) is 5.64. The van der Waals surface area contributed by atoms with Crippen molar-refractivity contribution in [1.82, 2.24) is 4.98 Å². The number of aromatic nitrogens is 1. The fourth-order valence-electron chi connectivity index (χ4n) is 2.79. The van der Waals surface area contributed by atoms with Gasteiger partial charge in [0, 0.05) is 17.4 Å². The van der Waals surface area contributed by atoms with E-state index < -0.39 is 12.4 Å². The molecule has 0 saturated heterocycles. The van der Waals surface area contributed by atoms with Gasteiger partial charge in [-0.2, -0.15) is 0 Å². The van der Waals surface area contributed by atoms with E-state index in [1.807, 2.05) is 6.07 Å². The number of anilines is 2. The van der Waals surface area contributed by atoms with E-state index in [0.29, 0.717) is 33.3 Å². The van der Waals surface area contributed by atoms with Crippen molar-refractivity contribution >= 4 is 40.1 Å². The van der Waals surface area contributed by atoms with Crippen molar-refractivity contribution in [2.75, 3.05) is 10.6 Å². The van der Waals surface area contributed by atoms with E-state index in [1.165, 1.54) is 12.1 Å². The van der Waals surface area contributed by atoms with Gasteiger partial charge in [0.2, 0.25) is 5.89 Å². The van der Waals surface area contributed by atoms with Crippen LogP contribution in [0.25, 0.3) is 22.6 Å². The number of benzene rings is 3. The Labute approximate surface area is 178 Å². The van der Waals surface area contributed by atoms with Gasteiger partial charge < -0.3 is 19.8 Å². The van der Waals surface area contributed by atoms with Crippen LogP contribution in [0.4, 0.5) is 29.3 Å². The smallest absolute Gasteiger partial charge is 0.436 e. The first-order valence-electron chi connectivity index (χ1n) is 8.86. The molecule has 0 saturated carbocycles. The van der Waals surface area contributed by atoms with E-state index in [4.69, 9.17) is 16.0 Å². The summed E-state index contributed by atoms with van der Waals surface area (Å²) in [6.07, 6.45) is -4.78. The number of carbonyl (C=O) groups excluding carboxylic acids is 1. The molecule has 31 heavy (non-hydrogen) atoms. The highest BCUT2D eigenvalue weighted by Crippen LogP contribution is 2.31. The molecular formula is C21H13ClF3N3O3. The van der Waals surface area contributed by atoms with Gasteiger partial charge in [-0.3, -0.25) is 0 Å². The van der Waals surface area contributed by atoms with E-state index in [9.17, 15) is 18.0 Å². The highest BCUT2D eigenvalue weighted by atomic mass is 35.5. The van der Waals surface area contributed by atoms with Gasteiger partial charge in [0.1, 0.15) is 11.3 Å². The quantitative estimate of drug-likeness (QED) is 0.365. The van der Waals surface area contributed by atoms with Gasteiger partial charge in [-0.25, -0.2) is 9.78 Å². The SMILES string of the molecule is O=C(Nc1ccc(OC(F)(F)F)cc1)Nc1ccc2nc(-c3ccccc3Cl)oc2c1. The van der Waals surface area contributed by atoms with Gasteiger partial charge in [0.25, 0.3) is 0 Å². The number of alkyl halides is 3. The normalized spacial score (nSPS) is 11.4. The maximum atomic E-state index is 12.2. The molecule has 4 rings (SSSR count). The van der Waals surface area contributed by atoms with Crippen molar-refractivity contribution in [2.24, 2.45) is 0 Å². The van der Waals surface area contributed by atoms with Crippen LogP contribution in [-0.4, -0.2) is 17.4 Å². The molecule has 2 N–H and O–H groups in total. The number of oxazole rings is 1. The molecule has 158 valence electrons. The molecule has 0 atom stereocenters. The molecule has 0 spiro atoms. The second kappa shape index (κ2) is 8.19. The fourth-order valence-corrected chi connectivity index (χ4v) is 3.00. The highest BCUT2D eigenvalue weighted by molar-refractivity contribution is 6.33. The Morgan fingerprint density at radius 3 is 2.35 bits per heavy atom. The van der Waals surface area contributed by atoms with Gasteiger partial charge in [-0.05, 0) is 48.5 Å². The zero-order chi connectivity index (χ0) is 22.0. The lowest BCUT2D eigenvalue weighted by Crippen LogP contribution is -2.19. The summed E-state index contributed by atoms with van der Waals surface area (Å²) in [6.45, 7) is 0. The topological polar surface area (TPSA) is 76.4 Å². The number of nitrogens with one attached hydrogen (secondary N) is 2. The number of hydrogen-bond donors (Lipinski definition) is 2. The Bertz CT molecular complexity index is 1240. The molecule has 0 radical (unpaired) electrons. The van der Waals surface area contributed by atoms with Crippen LogP contribution in [0.5, 0.6) is 5.75 Å². The van der Waals surface area contributed by atoms with Crippen LogP contribution in [0.2, 0.25) is 5.02 Å². The zero-order valence-electron chi connectivity index (χ0n) is 15.5. The van der Waals surface area contributed by atoms with Gasteiger partial charge in [0.15, 0.2) is 5.58 Å². The molecule has 6 nitrogen and oxygen atoms in total. The Hall–Kier alpha value is -3.72. The number of rotatable bonds is 4. The molecule has 0 aliphatic carbocycles. The first-order chi connectivity index (χ1) is 14.8. The molecule has 0 fully saturated rings. The Balaban J connectivity index is 1.44. The lowest BCUT2D eigenvalue weighted by Gasteiger charge is -2.10. The monoisotopic (exact) mass is 447 g/mol. The Morgan fingerprint density at radius 2 is 1.65 bits per heavy atom. The first kappa shape index (κ1) is 20.5. The van der Waals surface area contributed by atoms with Crippen molar-refractivity contribution in [1.29, 1.82) is 0 Å². The maximum Gasteiger partial charge on any atom is 0.573 e. The number of carbonyl (C=O) groups is 1. The number of fused-ring (bicyclic) bond motifs is 1. The van der Waals surface area contributed by atoms with Gasteiger partial charge in [-0.1, -0.05) is 23.7 Å². The van der Waals surface area contributed by atoms with Crippen molar-refractivity contribution in [3.05, 3.63) is 71.8 Å². The largest absolute Gasteiger partial charge is 0.573 e. The molecule has 10 heteroatoms. The number of amides is 2. The molecule has 0 aliphatic rings. The van der Waals surface area contributed by atoms with E-state index in [0.717, 1.165) is 12.1 Å². The van der Waals surface area contributed by atoms with Crippen LogP contribution in [0, 0.1) is 0 Å². The summed E-state index contributed by atoms with van der Waals surface area (Å²) in [5.41, 5.74) is 2.39. The molecule has 3 aromatic carbocycles. The molecule has 2 amide bonds. The number of hydrogen-bond acceptors (Lipinski definition) is 4. The Morgan fingerprint density at radius 1 is 0.968 bits per heavy atom. The summed E-state index contributed by atoms with van der Waals surface area (Å²) in [6, 6.07) is 16.2. The lowest BCUT2D eigenvalue weighted by atomic mass is 10.2. The summed E-state index contributed by atoms with van der Waals surface area (Å²) in [4.78, 5) is 16.6. The summed E-state index contributed by atoms with van der Waals surface area (Å²) in [7, 11) is 0.